The van der Waals surface area contributed by atoms with Gasteiger partial charge in [-0.15, -0.1) is 0 Å². The molecule has 1 aliphatic heterocycles. The van der Waals surface area contributed by atoms with Crippen LogP contribution in [0.1, 0.15) is 38.5 Å². The molecule has 0 unspecified atom stereocenters. The van der Waals surface area contributed by atoms with Crippen LogP contribution in [0.3, 0.4) is 0 Å². The maximum Gasteiger partial charge on any atom is 0.314 e. The highest BCUT2D eigenvalue weighted by Crippen LogP contribution is 2.30. The van der Waals surface area contributed by atoms with Crippen molar-refractivity contribution in [3.05, 3.63) is 52.0 Å². The average Bonchev–Trinajstić information content (AvgIpc) is 2.92. The number of ether oxygens (including phenoxy) is 1. The summed E-state index contributed by atoms with van der Waals surface area (Å²) in [4.78, 5) is 41.5. The smallest absolute Gasteiger partial charge is 0.314 e. The van der Waals surface area contributed by atoms with Crippen molar-refractivity contribution >= 4 is 56.6 Å². The topological polar surface area (TPSA) is 91.0 Å². The standard InChI is InChI=1S/C28H34BrClN4O4/c29-21-6-9-23(10-7-21)31-26(35)19-33-13-15-34(16-14-33)28(37)27(36)32-24-18-22(30)8-11-25(24)38-17-12-20-4-2-1-3-5-20/h6-11,18,20H,1-5,12-17,19H2,(H,31,35)(H,32,36). The SMILES string of the molecule is O=C(CN1CCN(C(=O)C(=O)Nc2cc(Cl)ccc2OCCC2CCCCC2)CC1)Nc1ccc(Br)cc1. The lowest BCUT2D eigenvalue weighted by Gasteiger charge is -2.33. The molecule has 38 heavy (non-hydrogen) atoms. The number of nitrogens with zero attached hydrogens (tertiary/aromatic N) is 2. The molecular formula is C28H34BrClN4O4. The molecule has 1 saturated carbocycles. The van der Waals surface area contributed by atoms with Gasteiger partial charge in [-0.05, 0) is 54.8 Å². The van der Waals surface area contributed by atoms with Gasteiger partial charge in [0, 0.05) is 41.4 Å². The first-order chi connectivity index (χ1) is 18.4. The number of halogens is 2. The third-order valence-corrected chi connectivity index (χ3v) is 7.81. The van der Waals surface area contributed by atoms with E-state index in [9.17, 15) is 14.4 Å². The third-order valence-electron chi connectivity index (χ3n) is 7.05. The number of hydrogen-bond acceptors (Lipinski definition) is 5. The van der Waals surface area contributed by atoms with Crippen molar-refractivity contribution in [1.29, 1.82) is 0 Å². The second-order valence-electron chi connectivity index (χ2n) is 9.86. The van der Waals surface area contributed by atoms with E-state index in [1.807, 2.05) is 29.2 Å². The van der Waals surface area contributed by atoms with Gasteiger partial charge in [-0.25, -0.2) is 0 Å². The lowest BCUT2D eigenvalue weighted by atomic mass is 9.87. The summed E-state index contributed by atoms with van der Waals surface area (Å²) in [7, 11) is 0. The van der Waals surface area contributed by atoms with Gasteiger partial charge >= 0.3 is 11.8 Å². The van der Waals surface area contributed by atoms with Gasteiger partial charge in [0.2, 0.25) is 5.91 Å². The van der Waals surface area contributed by atoms with Crippen LogP contribution in [0.25, 0.3) is 0 Å². The van der Waals surface area contributed by atoms with Gasteiger partial charge in [0.25, 0.3) is 0 Å². The number of amides is 3. The van der Waals surface area contributed by atoms with E-state index < -0.39 is 11.8 Å². The molecule has 4 rings (SSSR count). The van der Waals surface area contributed by atoms with E-state index in [0.717, 1.165) is 16.6 Å². The Labute approximate surface area is 237 Å². The third kappa shape index (κ3) is 8.44. The highest BCUT2D eigenvalue weighted by atomic mass is 79.9. The van der Waals surface area contributed by atoms with Crippen molar-refractivity contribution < 1.29 is 19.1 Å². The predicted molar refractivity (Wildman–Crippen MR) is 153 cm³/mol. The van der Waals surface area contributed by atoms with E-state index in [0.29, 0.717) is 55.2 Å². The first-order valence-corrected chi connectivity index (χ1v) is 14.3. The molecule has 2 aliphatic rings. The van der Waals surface area contributed by atoms with Gasteiger partial charge in [-0.2, -0.15) is 0 Å². The van der Waals surface area contributed by atoms with E-state index in [2.05, 4.69) is 26.6 Å². The van der Waals surface area contributed by atoms with Gasteiger partial charge in [-0.3, -0.25) is 19.3 Å². The zero-order chi connectivity index (χ0) is 26.9. The second kappa shape index (κ2) is 14.0. The van der Waals surface area contributed by atoms with Crippen molar-refractivity contribution in [3.63, 3.8) is 0 Å². The minimum atomic E-state index is -0.731. The summed E-state index contributed by atoms with van der Waals surface area (Å²) in [6.07, 6.45) is 7.33. The van der Waals surface area contributed by atoms with Crippen LogP contribution in [0, 0.1) is 5.92 Å². The minimum absolute atomic E-state index is 0.123. The zero-order valence-electron chi connectivity index (χ0n) is 21.4. The number of piperazine rings is 1. The normalized spacial score (nSPS) is 16.6. The molecule has 2 aromatic carbocycles. The number of carbonyl (C=O) groups excluding carboxylic acids is 3. The van der Waals surface area contributed by atoms with Gasteiger partial charge < -0.3 is 20.3 Å². The molecule has 1 aliphatic carbocycles. The van der Waals surface area contributed by atoms with Crippen LogP contribution in [0.4, 0.5) is 11.4 Å². The van der Waals surface area contributed by atoms with Crippen LogP contribution >= 0.6 is 27.5 Å². The Morgan fingerprint density at radius 2 is 1.66 bits per heavy atom. The molecule has 0 radical (unpaired) electrons. The number of nitrogens with one attached hydrogen (secondary N) is 2. The molecule has 3 amide bonds. The van der Waals surface area contributed by atoms with Crippen molar-refractivity contribution in [2.24, 2.45) is 5.92 Å². The maximum absolute atomic E-state index is 12.9. The van der Waals surface area contributed by atoms with E-state index in [-0.39, 0.29) is 12.5 Å². The zero-order valence-corrected chi connectivity index (χ0v) is 23.7. The summed E-state index contributed by atoms with van der Waals surface area (Å²) in [5, 5.41) is 6.01. The molecule has 204 valence electrons. The largest absolute Gasteiger partial charge is 0.491 e. The molecule has 1 saturated heterocycles. The fourth-order valence-corrected chi connectivity index (χ4v) is 5.34. The van der Waals surface area contributed by atoms with Crippen LogP contribution in [0.2, 0.25) is 5.02 Å². The fraction of sp³-hybridized carbons (Fsp3) is 0.464. The molecule has 0 aromatic heterocycles. The predicted octanol–water partition coefficient (Wildman–Crippen LogP) is 5.17. The molecule has 0 spiro atoms. The fourth-order valence-electron chi connectivity index (χ4n) is 4.90. The Kier molecular flexibility index (Phi) is 10.4. The van der Waals surface area contributed by atoms with E-state index >= 15 is 0 Å². The summed E-state index contributed by atoms with van der Waals surface area (Å²) < 4.78 is 6.91. The number of hydrogen-bond donors (Lipinski definition) is 2. The van der Waals surface area contributed by atoms with Crippen LogP contribution in [0.5, 0.6) is 5.75 Å². The number of rotatable bonds is 8. The van der Waals surface area contributed by atoms with E-state index in [1.165, 1.54) is 37.0 Å². The van der Waals surface area contributed by atoms with Crippen molar-refractivity contribution in [2.45, 2.75) is 38.5 Å². The summed E-state index contributed by atoms with van der Waals surface area (Å²) >= 11 is 9.53. The highest BCUT2D eigenvalue weighted by molar-refractivity contribution is 9.10. The second-order valence-corrected chi connectivity index (χ2v) is 11.2. The molecular weight excluding hydrogens is 572 g/mol. The molecule has 1 heterocycles. The Morgan fingerprint density at radius 1 is 0.947 bits per heavy atom. The van der Waals surface area contributed by atoms with Gasteiger partial charge in [-0.1, -0.05) is 59.6 Å². The minimum Gasteiger partial charge on any atom is -0.491 e. The van der Waals surface area contributed by atoms with Gasteiger partial charge in [0.05, 0.1) is 18.8 Å². The molecule has 0 bridgehead atoms. The summed E-state index contributed by atoms with van der Waals surface area (Å²) in [5.41, 5.74) is 1.12. The Bertz CT molecular complexity index is 1120. The number of carbonyl (C=O) groups is 3. The molecule has 2 aromatic rings. The molecule has 2 fully saturated rings. The lowest BCUT2D eigenvalue weighted by Crippen LogP contribution is -2.52. The number of anilines is 2. The number of benzene rings is 2. The van der Waals surface area contributed by atoms with Crippen LogP contribution in [-0.4, -0.2) is 66.9 Å². The van der Waals surface area contributed by atoms with Crippen LogP contribution in [-0.2, 0) is 14.4 Å². The molecule has 8 nitrogen and oxygen atoms in total. The van der Waals surface area contributed by atoms with Crippen molar-refractivity contribution in [1.82, 2.24) is 9.80 Å². The Morgan fingerprint density at radius 3 is 2.37 bits per heavy atom. The average molecular weight is 606 g/mol. The molecule has 0 atom stereocenters. The van der Waals surface area contributed by atoms with Crippen molar-refractivity contribution in [3.8, 4) is 5.75 Å². The maximum atomic E-state index is 12.9. The first-order valence-electron chi connectivity index (χ1n) is 13.2. The monoisotopic (exact) mass is 604 g/mol. The first kappa shape index (κ1) is 28.4. The van der Waals surface area contributed by atoms with E-state index in [4.69, 9.17) is 16.3 Å². The Hall–Kier alpha value is -2.62. The molecule has 2 N–H and O–H groups in total. The summed E-state index contributed by atoms with van der Waals surface area (Å²) in [6.45, 7) is 2.49. The quantitative estimate of drug-likeness (QED) is 0.405. The summed E-state index contributed by atoms with van der Waals surface area (Å²) in [5.74, 6) is -0.279. The van der Waals surface area contributed by atoms with Crippen LogP contribution in [0.15, 0.2) is 46.9 Å². The van der Waals surface area contributed by atoms with Gasteiger partial charge in [0.1, 0.15) is 5.75 Å². The summed E-state index contributed by atoms with van der Waals surface area (Å²) in [6, 6.07) is 12.4. The Balaban J connectivity index is 1.23. The van der Waals surface area contributed by atoms with Crippen molar-refractivity contribution in [2.75, 3.05) is 50.0 Å². The van der Waals surface area contributed by atoms with Crippen LogP contribution < -0.4 is 15.4 Å². The molecule has 10 heteroatoms. The van der Waals surface area contributed by atoms with E-state index in [1.54, 1.807) is 18.2 Å². The highest BCUT2D eigenvalue weighted by Gasteiger charge is 2.27. The lowest BCUT2D eigenvalue weighted by molar-refractivity contribution is -0.144. The van der Waals surface area contributed by atoms with Gasteiger partial charge in [0.15, 0.2) is 0 Å².